The molecule has 1 heterocycles. The van der Waals surface area contributed by atoms with Crippen molar-refractivity contribution in [2.75, 3.05) is 29.9 Å². The van der Waals surface area contributed by atoms with E-state index in [0.717, 1.165) is 50.1 Å². The fourth-order valence-corrected chi connectivity index (χ4v) is 2.85. The molecule has 4 nitrogen and oxygen atoms in total. The van der Waals surface area contributed by atoms with E-state index in [0.29, 0.717) is 0 Å². The Morgan fingerprint density at radius 3 is 2.48 bits per heavy atom. The monoisotopic (exact) mass is 289 g/mol. The highest BCUT2D eigenvalue weighted by atomic mass is 16.2. The summed E-state index contributed by atoms with van der Waals surface area (Å²) in [5.41, 5.74) is 3.24. The molecule has 2 N–H and O–H groups in total. The summed E-state index contributed by atoms with van der Waals surface area (Å²) < 4.78 is 0. The van der Waals surface area contributed by atoms with Gasteiger partial charge in [0.15, 0.2) is 0 Å². The van der Waals surface area contributed by atoms with Crippen LogP contribution in [0.4, 0.5) is 11.4 Å². The Morgan fingerprint density at radius 2 is 1.86 bits per heavy atom. The molecule has 0 aliphatic carbocycles. The van der Waals surface area contributed by atoms with Gasteiger partial charge in [0.2, 0.25) is 5.91 Å². The van der Waals surface area contributed by atoms with Crippen molar-refractivity contribution in [1.29, 1.82) is 0 Å². The number of hydrogen-bond donors (Lipinski definition) is 2. The first-order valence-electron chi connectivity index (χ1n) is 8.14. The molecule has 0 spiro atoms. The summed E-state index contributed by atoms with van der Waals surface area (Å²) in [6.07, 6.45) is 3.28. The van der Waals surface area contributed by atoms with Gasteiger partial charge in [0.05, 0.1) is 0 Å². The molecule has 4 heteroatoms. The van der Waals surface area contributed by atoms with Crippen LogP contribution in [0.15, 0.2) is 18.2 Å². The Kier molecular flexibility index (Phi) is 5.62. The quantitative estimate of drug-likeness (QED) is 0.771. The highest BCUT2D eigenvalue weighted by Gasteiger charge is 2.30. The molecular formula is C17H27N3O. The maximum absolute atomic E-state index is 12.1. The lowest BCUT2D eigenvalue weighted by Gasteiger charge is -2.24. The second kappa shape index (κ2) is 7.46. The number of hydrogen-bond acceptors (Lipinski definition) is 3. The molecule has 116 valence electrons. The average molecular weight is 289 g/mol. The van der Waals surface area contributed by atoms with Gasteiger partial charge in [-0.15, -0.1) is 0 Å². The van der Waals surface area contributed by atoms with E-state index in [1.165, 1.54) is 5.69 Å². The number of carbonyl (C=O) groups is 1. The van der Waals surface area contributed by atoms with Gasteiger partial charge in [-0.2, -0.15) is 0 Å². The van der Waals surface area contributed by atoms with Crippen LogP contribution in [0.5, 0.6) is 0 Å². The molecular weight excluding hydrogens is 262 g/mol. The van der Waals surface area contributed by atoms with Crippen LogP contribution >= 0.6 is 0 Å². The van der Waals surface area contributed by atoms with Crippen LogP contribution in [-0.4, -0.2) is 25.5 Å². The smallest absolute Gasteiger partial charge is 0.246 e. The average Bonchev–Trinajstić information content (AvgIpc) is 2.79. The molecule has 0 radical (unpaired) electrons. The summed E-state index contributed by atoms with van der Waals surface area (Å²) >= 11 is 0. The topological polar surface area (TPSA) is 44.4 Å². The van der Waals surface area contributed by atoms with Gasteiger partial charge in [-0.25, -0.2) is 0 Å². The van der Waals surface area contributed by atoms with Crippen molar-refractivity contribution >= 4 is 17.3 Å². The van der Waals surface area contributed by atoms with E-state index >= 15 is 0 Å². The number of carbonyl (C=O) groups excluding carboxylic acids is 1. The largest absolute Gasteiger partial charge is 0.371 e. The maximum Gasteiger partial charge on any atom is 0.246 e. The lowest BCUT2D eigenvalue weighted by atomic mass is 10.1. The third kappa shape index (κ3) is 3.56. The van der Waals surface area contributed by atoms with Gasteiger partial charge in [-0.05, 0) is 37.9 Å². The summed E-state index contributed by atoms with van der Waals surface area (Å²) in [5, 5.41) is 6.32. The minimum atomic E-state index is -0.195. The van der Waals surface area contributed by atoms with Crippen LogP contribution in [-0.2, 0) is 4.79 Å². The predicted octanol–water partition coefficient (Wildman–Crippen LogP) is 3.31. The first kappa shape index (κ1) is 15.8. The molecule has 21 heavy (non-hydrogen) atoms. The number of nitrogens with zero attached hydrogens (tertiary/aromatic N) is 1. The molecule has 0 saturated carbocycles. The lowest BCUT2D eigenvalue weighted by Crippen LogP contribution is -2.28. The Hall–Kier alpha value is -1.55. The zero-order chi connectivity index (χ0) is 15.2. The Bertz CT molecular complexity index is 481. The van der Waals surface area contributed by atoms with Crippen molar-refractivity contribution in [1.82, 2.24) is 5.32 Å². The van der Waals surface area contributed by atoms with E-state index in [-0.39, 0.29) is 11.9 Å². The molecule has 0 fully saturated rings. The normalized spacial score (nSPS) is 16.7. The molecule has 0 aromatic heterocycles. The van der Waals surface area contributed by atoms with Gasteiger partial charge < -0.3 is 15.5 Å². The Labute approximate surface area is 127 Å². The van der Waals surface area contributed by atoms with E-state index in [1.807, 2.05) is 0 Å². The summed E-state index contributed by atoms with van der Waals surface area (Å²) in [5.74, 6) is 0.0631. The second-order valence-electron chi connectivity index (χ2n) is 5.63. The predicted molar refractivity (Wildman–Crippen MR) is 88.9 cm³/mol. The minimum Gasteiger partial charge on any atom is -0.371 e. The van der Waals surface area contributed by atoms with Gasteiger partial charge in [0, 0.05) is 30.0 Å². The number of nitrogens with one attached hydrogen (secondary N) is 2. The van der Waals surface area contributed by atoms with E-state index in [9.17, 15) is 4.79 Å². The molecule has 1 aromatic rings. The van der Waals surface area contributed by atoms with E-state index < -0.39 is 0 Å². The molecule has 1 aliphatic rings. The lowest BCUT2D eigenvalue weighted by molar-refractivity contribution is -0.117. The van der Waals surface area contributed by atoms with Crippen LogP contribution in [0.1, 0.15) is 51.6 Å². The Balaban J connectivity index is 2.20. The molecule has 1 aliphatic heterocycles. The number of amides is 1. The van der Waals surface area contributed by atoms with Crippen molar-refractivity contribution < 1.29 is 4.79 Å². The van der Waals surface area contributed by atoms with Gasteiger partial charge in [-0.3, -0.25) is 4.79 Å². The maximum atomic E-state index is 12.1. The molecule has 1 atom stereocenters. The summed E-state index contributed by atoms with van der Waals surface area (Å²) in [7, 11) is 0. The first-order chi connectivity index (χ1) is 10.2. The van der Waals surface area contributed by atoms with Gasteiger partial charge in [0.1, 0.15) is 6.04 Å². The van der Waals surface area contributed by atoms with E-state index in [4.69, 9.17) is 0 Å². The summed E-state index contributed by atoms with van der Waals surface area (Å²) in [6, 6.07) is 6.16. The minimum absolute atomic E-state index is 0.0631. The second-order valence-corrected chi connectivity index (χ2v) is 5.63. The van der Waals surface area contributed by atoms with Crippen LogP contribution < -0.4 is 15.5 Å². The highest BCUT2D eigenvalue weighted by Crippen LogP contribution is 2.34. The van der Waals surface area contributed by atoms with Crippen molar-refractivity contribution in [3.05, 3.63) is 23.8 Å². The number of fused-ring (bicyclic) bond motifs is 1. The van der Waals surface area contributed by atoms with E-state index in [2.05, 4.69) is 54.5 Å². The summed E-state index contributed by atoms with van der Waals surface area (Å²) in [4.78, 5) is 14.5. The molecule has 2 rings (SSSR count). The third-order valence-corrected chi connectivity index (χ3v) is 3.82. The highest BCUT2D eigenvalue weighted by molar-refractivity contribution is 6.03. The standard InChI is InChI=1S/C17H27N3O/c1-4-9-18-16-14-8-7-13(12-15(14)19-17(16)21)20(10-5-2)11-6-3/h7-8,12,16,18H,4-6,9-11H2,1-3H3,(H,19,21). The first-order valence-corrected chi connectivity index (χ1v) is 8.14. The van der Waals surface area contributed by atoms with Crippen LogP contribution in [0.25, 0.3) is 0 Å². The van der Waals surface area contributed by atoms with E-state index in [1.54, 1.807) is 0 Å². The molecule has 1 aromatic carbocycles. The van der Waals surface area contributed by atoms with Crippen molar-refractivity contribution in [2.24, 2.45) is 0 Å². The van der Waals surface area contributed by atoms with Gasteiger partial charge in [0.25, 0.3) is 0 Å². The SMILES string of the molecule is CCCNC1C(=O)Nc2cc(N(CCC)CCC)ccc21. The molecule has 0 bridgehead atoms. The number of rotatable bonds is 8. The fourth-order valence-electron chi connectivity index (χ4n) is 2.85. The summed E-state index contributed by atoms with van der Waals surface area (Å²) in [6.45, 7) is 9.47. The zero-order valence-electron chi connectivity index (χ0n) is 13.4. The van der Waals surface area contributed by atoms with Crippen LogP contribution in [0.2, 0.25) is 0 Å². The van der Waals surface area contributed by atoms with Crippen LogP contribution in [0.3, 0.4) is 0 Å². The number of anilines is 2. The van der Waals surface area contributed by atoms with Gasteiger partial charge >= 0.3 is 0 Å². The van der Waals surface area contributed by atoms with Gasteiger partial charge in [-0.1, -0.05) is 26.8 Å². The molecule has 1 amide bonds. The third-order valence-electron chi connectivity index (χ3n) is 3.82. The molecule has 1 unspecified atom stereocenters. The fraction of sp³-hybridized carbons (Fsp3) is 0.588. The van der Waals surface area contributed by atoms with Crippen molar-refractivity contribution in [3.63, 3.8) is 0 Å². The zero-order valence-corrected chi connectivity index (χ0v) is 13.4. The number of benzene rings is 1. The van der Waals surface area contributed by atoms with Crippen molar-refractivity contribution in [3.8, 4) is 0 Å². The molecule has 0 saturated heterocycles. The Morgan fingerprint density at radius 1 is 1.14 bits per heavy atom. The van der Waals surface area contributed by atoms with Crippen molar-refractivity contribution in [2.45, 2.75) is 46.1 Å². The van der Waals surface area contributed by atoms with Crippen LogP contribution in [0, 0.1) is 0 Å².